The van der Waals surface area contributed by atoms with Crippen molar-refractivity contribution < 1.29 is 9.13 Å². The summed E-state index contributed by atoms with van der Waals surface area (Å²) in [7, 11) is 0. The van der Waals surface area contributed by atoms with E-state index in [9.17, 15) is 4.39 Å². The summed E-state index contributed by atoms with van der Waals surface area (Å²) in [6.45, 7) is 2.85. The van der Waals surface area contributed by atoms with E-state index in [1.54, 1.807) is 17.5 Å². The lowest BCUT2D eigenvalue weighted by molar-refractivity contribution is 0.307. The van der Waals surface area contributed by atoms with Gasteiger partial charge in [-0.25, -0.2) is 9.37 Å². The van der Waals surface area contributed by atoms with E-state index in [2.05, 4.69) is 4.98 Å². The molecule has 0 aliphatic carbocycles. The number of aromatic nitrogens is 1. The summed E-state index contributed by atoms with van der Waals surface area (Å²) in [5.41, 5.74) is 6.31. The number of aryl methyl sites for hydroxylation is 1. The summed E-state index contributed by atoms with van der Waals surface area (Å²) >= 11 is 1.58. The molecule has 1 heterocycles. The van der Waals surface area contributed by atoms with Gasteiger partial charge in [-0.05, 0) is 37.6 Å². The highest BCUT2D eigenvalue weighted by atomic mass is 32.1. The van der Waals surface area contributed by atoms with Crippen LogP contribution in [0.2, 0.25) is 0 Å². The monoisotopic (exact) mass is 266 g/mol. The minimum atomic E-state index is -0.295. The predicted octanol–water partition coefficient (Wildman–Crippen LogP) is 2.67. The number of hydrogen-bond acceptors (Lipinski definition) is 4. The number of halogens is 1. The van der Waals surface area contributed by atoms with Crippen LogP contribution in [0.15, 0.2) is 24.4 Å². The average molecular weight is 266 g/mol. The fourth-order valence-corrected chi connectivity index (χ4v) is 2.35. The fourth-order valence-electron chi connectivity index (χ4n) is 1.64. The Morgan fingerprint density at radius 2 is 2.22 bits per heavy atom. The number of nitrogens with two attached hydrogens (primary N) is 1. The zero-order chi connectivity index (χ0) is 13.0. The summed E-state index contributed by atoms with van der Waals surface area (Å²) in [6.07, 6.45) is 2.42. The molecular formula is C13H15FN2OS. The number of benzene rings is 1. The average Bonchev–Trinajstić information content (AvgIpc) is 2.72. The molecule has 0 bridgehead atoms. The maximum atomic E-state index is 13.4. The topological polar surface area (TPSA) is 48.1 Å². The minimum absolute atomic E-state index is 0.295. The van der Waals surface area contributed by atoms with Gasteiger partial charge in [0, 0.05) is 12.3 Å². The van der Waals surface area contributed by atoms with Crippen molar-refractivity contribution in [3.8, 4) is 5.75 Å². The minimum Gasteiger partial charge on any atom is -0.488 e. The van der Waals surface area contributed by atoms with Crippen LogP contribution in [0, 0.1) is 12.7 Å². The van der Waals surface area contributed by atoms with E-state index in [0.717, 1.165) is 15.4 Å². The lowest BCUT2D eigenvalue weighted by Crippen LogP contribution is -2.03. The Kier molecular flexibility index (Phi) is 4.28. The Hall–Kier alpha value is -1.46. The highest BCUT2D eigenvalue weighted by Gasteiger charge is 2.03. The maximum Gasteiger partial charge on any atom is 0.127 e. The van der Waals surface area contributed by atoms with Gasteiger partial charge in [0.2, 0.25) is 0 Å². The van der Waals surface area contributed by atoms with Crippen LogP contribution in [0.25, 0.3) is 0 Å². The van der Waals surface area contributed by atoms with Gasteiger partial charge in [-0.3, -0.25) is 0 Å². The van der Waals surface area contributed by atoms with Gasteiger partial charge in [-0.1, -0.05) is 0 Å². The first kappa shape index (κ1) is 13.0. The van der Waals surface area contributed by atoms with E-state index >= 15 is 0 Å². The second-order valence-electron chi connectivity index (χ2n) is 3.97. The predicted molar refractivity (Wildman–Crippen MR) is 70.3 cm³/mol. The first-order valence-electron chi connectivity index (χ1n) is 5.71. The SMILES string of the molecule is Cc1ncc(COc2cc(F)cc(CCN)c2)s1. The third kappa shape index (κ3) is 3.51. The summed E-state index contributed by atoms with van der Waals surface area (Å²) in [6, 6.07) is 4.69. The molecule has 0 saturated heterocycles. The number of rotatable bonds is 5. The van der Waals surface area contributed by atoms with Crippen molar-refractivity contribution in [3.05, 3.63) is 45.7 Å². The molecule has 0 atom stereocenters. The van der Waals surface area contributed by atoms with Crippen LogP contribution in [0.4, 0.5) is 4.39 Å². The number of ether oxygens (including phenoxy) is 1. The molecule has 1 aromatic heterocycles. The Bertz CT molecular complexity index is 527. The van der Waals surface area contributed by atoms with Crippen LogP contribution < -0.4 is 10.5 Å². The number of hydrogen-bond donors (Lipinski definition) is 1. The van der Waals surface area contributed by atoms with E-state index in [1.807, 2.05) is 13.0 Å². The molecule has 5 heteroatoms. The molecule has 3 nitrogen and oxygen atoms in total. The van der Waals surface area contributed by atoms with Crippen molar-refractivity contribution in [2.45, 2.75) is 20.0 Å². The largest absolute Gasteiger partial charge is 0.488 e. The molecule has 0 unspecified atom stereocenters. The first-order chi connectivity index (χ1) is 8.67. The highest BCUT2D eigenvalue weighted by molar-refractivity contribution is 7.11. The molecule has 2 aromatic rings. The van der Waals surface area contributed by atoms with E-state index in [-0.39, 0.29) is 5.82 Å². The van der Waals surface area contributed by atoms with E-state index in [1.165, 1.54) is 12.1 Å². The summed E-state index contributed by atoms with van der Waals surface area (Å²) in [5.74, 6) is 0.237. The molecule has 2 N–H and O–H groups in total. The molecule has 0 spiro atoms. The summed E-state index contributed by atoms with van der Waals surface area (Å²) in [4.78, 5) is 5.17. The molecule has 0 aliphatic rings. The number of thiazole rings is 1. The molecule has 0 aliphatic heterocycles. The molecule has 0 amide bonds. The van der Waals surface area contributed by atoms with Gasteiger partial charge < -0.3 is 10.5 Å². The smallest absolute Gasteiger partial charge is 0.127 e. The summed E-state index contributed by atoms with van der Waals surface area (Å²) in [5, 5.41) is 0.997. The lowest BCUT2D eigenvalue weighted by atomic mass is 10.1. The van der Waals surface area contributed by atoms with Gasteiger partial charge in [-0.15, -0.1) is 11.3 Å². The van der Waals surface area contributed by atoms with E-state index in [0.29, 0.717) is 25.3 Å². The second-order valence-corrected chi connectivity index (χ2v) is 5.29. The Morgan fingerprint density at radius 1 is 1.39 bits per heavy atom. The Labute approximate surface area is 109 Å². The molecule has 0 radical (unpaired) electrons. The first-order valence-corrected chi connectivity index (χ1v) is 6.52. The van der Waals surface area contributed by atoms with Crippen LogP contribution in [0.1, 0.15) is 15.4 Å². The van der Waals surface area contributed by atoms with Crippen molar-refractivity contribution in [1.82, 2.24) is 4.98 Å². The van der Waals surface area contributed by atoms with Crippen LogP contribution >= 0.6 is 11.3 Å². The standard InChI is InChI=1S/C13H15FN2OS/c1-9-16-7-13(18-9)8-17-12-5-10(2-3-15)4-11(14)6-12/h4-7H,2-3,8,15H2,1H3. The van der Waals surface area contributed by atoms with Crippen LogP contribution in [-0.4, -0.2) is 11.5 Å². The fraction of sp³-hybridized carbons (Fsp3) is 0.308. The zero-order valence-electron chi connectivity index (χ0n) is 10.1. The van der Waals surface area contributed by atoms with Crippen molar-refractivity contribution in [1.29, 1.82) is 0 Å². The number of nitrogens with zero attached hydrogens (tertiary/aromatic N) is 1. The van der Waals surface area contributed by atoms with Gasteiger partial charge in [0.05, 0.1) is 9.88 Å². The molecule has 0 saturated carbocycles. The van der Waals surface area contributed by atoms with Crippen molar-refractivity contribution in [2.75, 3.05) is 6.54 Å². The maximum absolute atomic E-state index is 13.4. The van der Waals surface area contributed by atoms with Gasteiger partial charge in [0.1, 0.15) is 18.2 Å². The second kappa shape index (κ2) is 5.93. The van der Waals surface area contributed by atoms with Crippen LogP contribution in [0.5, 0.6) is 5.75 Å². The van der Waals surface area contributed by atoms with Crippen molar-refractivity contribution >= 4 is 11.3 Å². The van der Waals surface area contributed by atoms with Gasteiger partial charge in [0.25, 0.3) is 0 Å². The molecule has 2 rings (SSSR count). The quantitative estimate of drug-likeness (QED) is 0.905. The van der Waals surface area contributed by atoms with Gasteiger partial charge >= 0.3 is 0 Å². The molecule has 96 valence electrons. The van der Waals surface area contributed by atoms with Crippen molar-refractivity contribution in [2.24, 2.45) is 5.73 Å². The highest BCUT2D eigenvalue weighted by Crippen LogP contribution is 2.19. The molecule has 1 aromatic carbocycles. The third-order valence-electron chi connectivity index (χ3n) is 2.41. The Balaban J connectivity index is 2.04. The van der Waals surface area contributed by atoms with Crippen LogP contribution in [-0.2, 0) is 13.0 Å². The Morgan fingerprint density at radius 3 is 2.89 bits per heavy atom. The molecule has 18 heavy (non-hydrogen) atoms. The van der Waals surface area contributed by atoms with Gasteiger partial charge in [-0.2, -0.15) is 0 Å². The summed E-state index contributed by atoms with van der Waals surface area (Å²) < 4.78 is 18.9. The zero-order valence-corrected chi connectivity index (χ0v) is 11.0. The molecule has 0 fully saturated rings. The molecular weight excluding hydrogens is 251 g/mol. The lowest BCUT2D eigenvalue weighted by Gasteiger charge is -2.07. The normalized spacial score (nSPS) is 10.6. The van der Waals surface area contributed by atoms with Crippen LogP contribution in [0.3, 0.4) is 0 Å². The van der Waals surface area contributed by atoms with E-state index < -0.39 is 0 Å². The van der Waals surface area contributed by atoms with Crippen molar-refractivity contribution in [3.63, 3.8) is 0 Å². The van der Waals surface area contributed by atoms with Gasteiger partial charge in [0.15, 0.2) is 0 Å². The third-order valence-corrected chi connectivity index (χ3v) is 3.30. The van der Waals surface area contributed by atoms with E-state index in [4.69, 9.17) is 10.5 Å².